The molecule has 0 bridgehead atoms. The molecule has 2 fully saturated rings. The molecule has 2 rings (SSSR count). The average Bonchev–Trinajstić information content (AvgIpc) is 2.80. The number of nitrogens with zero attached hydrogens (tertiary/aromatic N) is 1. The third kappa shape index (κ3) is 4.40. The Bertz CT molecular complexity index is 295. The fourth-order valence-corrected chi connectivity index (χ4v) is 4.57. The monoisotopic (exact) mass is 282 g/mol. The quantitative estimate of drug-likeness (QED) is 0.761. The summed E-state index contributed by atoms with van der Waals surface area (Å²) >= 11 is 1.97. The largest absolute Gasteiger partial charge is 0.359 e. The van der Waals surface area contributed by atoms with E-state index in [1.165, 1.54) is 75.1 Å². The van der Waals surface area contributed by atoms with E-state index >= 15 is 0 Å². The summed E-state index contributed by atoms with van der Waals surface area (Å²) in [6.07, 6.45) is 13.3. The number of aliphatic imine (C=N–C) groups is 1. The fraction of sp³-hybridized carbons (Fsp3) is 0.938. The van der Waals surface area contributed by atoms with Gasteiger partial charge in [-0.05, 0) is 25.7 Å². The van der Waals surface area contributed by atoms with Crippen molar-refractivity contribution >= 4 is 16.9 Å². The highest BCUT2D eigenvalue weighted by Crippen LogP contribution is 2.36. The molecule has 1 unspecified atom stereocenters. The van der Waals surface area contributed by atoms with Crippen LogP contribution in [0.3, 0.4) is 0 Å². The van der Waals surface area contributed by atoms with Crippen molar-refractivity contribution in [2.24, 2.45) is 4.99 Å². The summed E-state index contributed by atoms with van der Waals surface area (Å²) < 4.78 is 0. The maximum Gasteiger partial charge on any atom is 0.157 e. The highest BCUT2D eigenvalue weighted by molar-refractivity contribution is 8.14. The second-order valence-corrected chi connectivity index (χ2v) is 7.24. The third-order valence-electron chi connectivity index (χ3n) is 4.48. The van der Waals surface area contributed by atoms with Crippen LogP contribution in [-0.2, 0) is 0 Å². The van der Waals surface area contributed by atoms with Crippen molar-refractivity contribution in [1.29, 1.82) is 0 Å². The van der Waals surface area contributed by atoms with Crippen molar-refractivity contribution in [2.45, 2.75) is 89.6 Å². The van der Waals surface area contributed by atoms with E-state index in [9.17, 15) is 0 Å². The molecule has 1 aliphatic carbocycles. The predicted octanol–water partition coefficient (Wildman–Crippen LogP) is 4.74. The molecule has 0 amide bonds. The fourth-order valence-electron chi connectivity index (χ4n) is 3.29. The number of nitrogens with one attached hydrogen (secondary N) is 1. The van der Waals surface area contributed by atoms with Gasteiger partial charge in [-0.15, -0.1) is 0 Å². The van der Waals surface area contributed by atoms with Gasteiger partial charge in [0.15, 0.2) is 5.17 Å². The zero-order valence-corrected chi connectivity index (χ0v) is 13.5. The Morgan fingerprint density at radius 3 is 2.63 bits per heavy atom. The van der Waals surface area contributed by atoms with Gasteiger partial charge >= 0.3 is 0 Å². The van der Waals surface area contributed by atoms with E-state index < -0.39 is 0 Å². The van der Waals surface area contributed by atoms with E-state index in [1.807, 2.05) is 11.8 Å². The van der Waals surface area contributed by atoms with E-state index in [4.69, 9.17) is 4.99 Å². The number of thioether (sulfide) groups is 1. The predicted molar refractivity (Wildman–Crippen MR) is 87.1 cm³/mol. The second kappa shape index (κ2) is 7.56. The molecule has 2 nitrogen and oxygen atoms in total. The maximum atomic E-state index is 5.02. The average molecular weight is 282 g/mol. The van der Waals surface area contributed by atoms with Crippen LogP contribution in [-0.4, -0.2) is 22.5 Å². The van der Waals surface area contributed by atoms with Crippen LogP contribution in [0.4, 0.5) is 0 Å². The van der Waals surface area contributed by atoms with Crippen molar-refractivity contribution in [3.63, 3.8) is 0 Å². The summed E-state index contributed by atoms with van der Waals surface area (Å²) in [6.45, 7) is 4.55. The topological polar surface area (TPSA) is 24.4 Å². The molecular formula is C16H30N2S. The summed E-state index contributed by atoms with van der Waals surface area (Å²) in [4.78, 5) is 5.02. The lowest BCUT2D eigenvalue weighted by Crippen LogP contribution is -2.45. The van der Waals surface area contributed by atoms with Crippen molar-refractivity contribution in [3.05, 3.63) is 0 Å². The molecule has 0 aromatic rings. The van der Waals surface area contributed by atoms with E-state index in [-0.39, 0.29) is 0 Å². The van der Waals surface area contributed by atoms with Gasteiger partial charge in [0.2, 0.25) is 0 Å². The highest BCUT2D eigenvalue weighted by Gasteiger charge is 2.38. The molecule has 1 spiro atoms. The molecule has 1 saturated carbocycles. The Morgan fingerprint density at radius 2 is 1.95 bits per heavy atom. The van der Waals surface area contributed by atoms with Gasteiger partial charge in [0.25, 0.3) is 0 Å². The summed E-state index contributed by atoms with van der Waals surface area (Å²) in [5.41, 5.74) is 0.406. The smallest absolute Gasteiger partial charge is 0.157 e. The van der Waals surface area contributed by atoms with Gasteiger partial charge in [0.05, 0.1) is 6.04 Å². The first kappa shape index (κ1) is 15.2. The summed E-state index contributed by atoms with van der Waals surface area (Å²) in [5.74, 6) is 1.25. The first-order valence-electron chi connectivity index (χ1n) is 8.27. The van der Waals surface area contributed by atoms with Crippen molar-refractivity contribution < 1.29 is 0 Å². The van der Waals surface area contributed by atoms with E-state index in [0.29, 0.717) is 11.6 Å². The van der Waals surface area contributed by atoms with Crippen molar-refractivity contribution in [3.8, 4) is 0 Å². The lowest BCUT2D eigenvalue weighted by atomic mass is 9.83. The molecule has 0 aromatic carbocycles. The van der Waals surface area contributed by atoms with Crippen molar-refractivity contribution in [2.75, 3.05) is 5.75 Å². The third-order valence-corrected chi connectivity index (χ3v) is 5.66. The van der Waals surface area contributed by atoms with E-state index in [2.05, 4.69) is 19.2 Å². The standard InChI is InChI=1S/C16H30N2S/c1-3-5-10-14(9-4-2)17-15-18-16(13-19-15)11-7-6-8-12-16/h14H,3-13H2,1-2H3,(H,17,18). The number of unbranched alkanes of at least 4 members (excludes halogenated alkanes) is 1. The number of amidine groups is 1. The first-order valence-corrected chi connectivity index (χ1v) is 9.25. The molecule has 1 aliphatic heterocycles. The molecule has 1 atom stereocenters. The Kier molecular flexibility index (Phi) is 6.06. The normalized spacial score (nSPS) is 25.7. The zero-order valence-electron chi connectivity index (χ0n) is 12.7. The van der Waals surface area contributed by atoms with Crippen LogP contribution in [0, 0.1) is 0 Å². The Morgan fingerprint density at radius 1 is 1.16 bits per heavy atom. The van der Waals surface area contributed by atoms with Crippen LogP contribution in [0.5, 0.6) is 0 Å². The molecule has 1 saturated heterocycles. The first-order chi connectivity index (χ1) is 9.28. The number of hydrogen-bond acceptors (Lipinski definition) is 2. The molecule has 110 valence electrons. The van der Waals surface area contributed by atoms with E-state index in [1.54, 1.807) is 0 Å². The zero-order chi connectivity index (χ0) is 13.6. The Labute approximate surface area is 123 Å². The number of rotatable bonds is 6. The molecule has 0 radical (unpaired) electrons. The lowest BCUT2D eigenvalue weighted by Gasteiger charge is -2.32. The van der Waals surface area contributed by atoms with Gasteiger partial charge in [-0.3, -0.25) is 4.99 Å². The Balaban J connectivity index is 1.90. The molecule has 19 heavy (non-hydrogen) atoms. The SMILES string of the molecule is CCCCC(CCC)N=C1NC2(CCCCC2)CS1. The minimum Gasteiger partial charge on any atom is -0.359 e. The van der Waals surface area contributed by atoms with Crippen LogP contribution in [0.1, 0.15) is 78.1 Å². The molecular weight excluding hydrogens is 252 g/mol. The van der Waals surface area contributed by atoms with Gasteiger partial charge in [0.1, 0.15) is 0 Å². The maximum absolute atomic E-state index is 5.02. The van der Waals surface area contributed by atoms with Gasteiger partial charge in [0, 0.05) is 11.3 Å². The van der Waals surface area contributed by atoms with E-state index in [0.717, 1.165) is 0 Å². The van der Waals surface area contributed by atoms with Crippen LogP contribution in [0.15, 0.2) is 4.99 Å². The summed E-state index contributed by atoms with van der Waals surface area (Å²) in [5, 5.41) is 5.03. The van der Waals surface area contributed by atoms with Gasteiger partial charge in [-0.1, -0.05) is 64.1 Å². The summed E-state index contributed by atoms with van der Waals surface area (Å²) in [7, 11) is 0. The molecule has 3 heteroatoms. The Hall–Kier alpha value is -0.180. The number of hydrogen-bond donors (Lipinski definition) is 1. The minimum atomic E-state index is 0.406. The van der Waals surface area contributed by atoms with Crippen LogP contribution >= 0.6 is 11.8 Å². The van der Waals surface area contributed by atoms with Crippen LogP contribution in [0.2, 0.25) is 0 Å². The van der Waals surface area contributed by atoms with Gasteiger partial charge in [-0.2, -0.15) is 0 Å². The molecule has 1 heterocycles. The van der Waals surface area contributed by atoms with Gasteiger partial charge in [-0.25, -0.2) is 0 Å². The van der Waals surface area contributed by atoms with Crippen LogP contribution < -0.4 is 5.32 Å². The molecule has 0 aromatic heterocycles. The summed E-state index contributed by atoms with van der Waals surface area (Å²) in [6, 6.07) is 0.554. The highest BCUT2D eigenvalue weighted by atomic mass is 32.2. The van der Waals surface area contributed by atoms with Crippen molar-refractivity contribution in [1.82, 2.24) is 5.32 Å². The lowest BCUT2D eigenvalue weighted by molar-refractivity contribution is 0.303. The molecule has 1 N–H and O–H groups in total. The second-order valence-electron chi connectivity index (χ2n) is 6.27. The van der Waals surface area contributed by atoms with Gasteiger partial charge < -0.3 is 5.32 Å². The minimum absolute atomic E-state index is 0.406. The molecule has 2 aliphatic rings. The van der Waals surface area contributed by atoms with Crippen LogP contribution in [0.25, 0.3) is 0 Å².